The predicted molar refractivity (Wildman–Crippen MR) is 67.9 cm³/mol. The van der Waals surface area contributed by atoms with E-state index in [4.69, 9.17) is 11.6 Å². The molecule has 2 rings (SSSR count). The molecule has 86 valence electrons. The second kappa shape index (κ2) is 5.70. The molecule has 0 aliphatic heterocycles. The molecule has 2 heterocycles. The molecule has 0 amide bonds. The monoisotopic (exact) mass is 266 g/mol. The molecule has 17 heavy (non-hydrogen) atoms. The summed E-state index contributed by atoms with van der Waals surface area (Å²) >= 11 is 7.20. The Balaban J connectivity index is 2.49. The van der Waals surface area contributed by atoms with Gasteiger partial charge in [0.2, 0.25) is 5.95 Å². The van der Waals surface area contributed by atoms with Crippen molar-refractivity contribution >= 4 is 22.9 Å². The molecule has 0 saturated heterocycles. The van der Waals surface area contributed by atoms with Gasteiger partial charge in [-0.25, -0.2) is 9.97 Å². The zero-order valence-electron chi connectivity index (χ0n) is 8.68. The van der Waals surface area contributed by atoms with Gasteiger partial charge in [-0.2, -0.15) is 4.39 Å². The molecule has 2 nitrogen and oxygen atoms in total. The average Bonchev–Trinajstić information content (AvgIpc) is 2.43. The third kappa shape index (κ3) is 3.47. The van der Waals surface area contributed by atoms with E-state index in [-0.39, 0.29) is 0 Å². The summed E-state index contributed by atoms with van der Waals surface area (Å²) in [6, 6.07) is 10.2. The number of pyridine rings is 1. The molecule has 0 bridgehead atoms. The second-order valence-corrected chi connectivity index (χ2v) is 4.40. The van der Waals surface area contributed by atoms with E-state index < -0.39 is 5.95 Å². The molecular weight excluding hydrogens is 259 g/mol. The van der Waals surface area contributed by atoms with Gasteiger partial charge in [0.25, 0.3) is 0 Å². The van der Waals surface area contributed by atoms with Crippen LogP contribution in [0.1, 0.15) is 0 Å². The number of aromatic nitrogens is 2. The molecule has 0 radical (unpaired) electrons. The topological polar surface area (TPSA) is 25.8 Å². The summed E-state index contributed by atoms with van der Waals surface area (Å²) in [7, 11) is 0. The van der Waals surface area contributed by atoms with Crippen LogP contribution in [0.2, 0.25) is 5.15 Å². The minimum absolute atomic E-state index is 0.417. The van der Waals surface area contributed by atoms with Crippen molar-refractivity contribution in [3.63, 3.8) is 0 Å². The van der Waals surface area contributed by atoms with Crippen LogP contribution in [-0.2, 0) is 0 Å². The summed E-state index contributed by atoms with van der Waals surface area (Å²) in [5.41, 5.74) is 2.48. The van der Waals surface area contributed by atoms with E-state index in [0.717, 1.165) is 10.4 Å². The fourth-order valence-corrected chi connectivity index (χ4v) is 2.05. The number of rotatable bonds is 1. The standard InChI is InChI=1S/C12H8ClFN2S/c13-11-4-2-1-3-10(17-8-16-11)9-5-6-12(14)15-7-9/h1-8H. The van der Waals surface area contributed by atoms with Crippen molar-refractivity contribution in [2.45, 2.75) is 0 Å². The summed E-state index contributed by atoms with van der Waals surface area (Å²) in [5.74, 6) is -0.490. The van der Waals surface area contributed by atoms with Gasteiger partial charge in [0, 0.05) is 16.6 Å². The highest BCUT2D eigenvalue weighted by molar-refractivity contribution is 7.12. The van der Waals surface area contributed by atoms with E-state index in [0.29, 0.717) is 5.15 Å². The van der Waals surface area contributed by atoms with Crippen molar-refractivity contribution in [3.05, 3.63) is 59.2 Å². The van der Waals surface area contributed by atoms with Crippen LogP contribution in [0.3, 0.4) is 0 Å². The minimum Gasteiger partial charge on any atom is -0.234 e. The van der Waals surface area contributed by atoms with Crippen molar-refractivity contribution < 1.29 is 4.39 Å². The van der Waals surface area contributed by atoms with Gasteiger partial charge in [-0.3, -0.25) is 0 Å². The van der Waals surface area contributed by atoms with Crippen LogP contribution >= 0.6 is 22.9 Å². The maximum Gasteiger partial charge on any atom is 0.212 e. The van der Waals surface area contributed by atoms with E-state index in [2.05, 4.69) is 9.97 Å². The van der Waals surface area contributed by atoms with Crippen molar-refractivity contribution in [3.8, 4) is 10.4 Å². The van der Waals surface area contributed by atoms with E-state index >= 15 is 0 Å². The maximum absolute atomic E-state index is 12.7. The number of halogens is 2. The van der Waals surface area contributed by atoms with Crippen molar-refractivity contribution in [2.75, 3.05) is 0 Å². The first-order chi connectivity index (χ1) is 8.25. The summed E-state index contributed by atoms with van der Waals surface area (Å²) < 4.78 is 12.7. The van der Waals surface area contributed by atoms with E-state index in [9.17, 15) is 4.39 Å². The first kappa shape index (κ1) is 12.0. The summed E-state index contributed by atoms with van der Waals surface area (Å²) in [5, 5.41) is 0.417. The molecule has 0 fully saturated rings. The first-order valence-electron chi connectivity index (χ1n) is 4.81. The number of hydrogen-bond acceptors (Lipinski definition) is 3. The third-order valence-corrected chi connectivity index (χ3v) is 3.02. The highest BCUT2D eigenvalue weighted by Crippen LogP contribution is 2.20. The lowest BCUT2D eigenvalue weighted by Crippen LogP contribution is -1.81. The molecule has 0 aliphatic carbocycles. The SMILES string of the molecule is Fc1ccc(-c2ccccc(Cl)ncs2)cn1. The molecule has 2 aromatic rings. The number of hydrogen-bond donors (Lipinski definition) is 0. The lowest BCUT2D eigenvalue weighted by Gasteiger charge is -1.96. The minimum atomic E-state index is -0.490. The van der Waals surface area contributed by atoms with Gasteiger partial charge in [0.05, 0.1) is 5.51 Å². The lowest BCUT2D eigenvalue weighted by atomic mass is 10.2. The molecule has 2 aromatic heterocycles. The van der Waals surface area contributed by atoms with Gasteiger partial charge < -0.3 is 0 Å². The lowest BCUT2D eigenvalue weighted by molar-refractivity contribution is 0.584. The summed E-state index contributed by atoms with van der Waals surface area (Å²) in [6.07, 6.45) is 1.49. The van der Waals surface area contributed by atoms with E-state index in [1.54, 1.807) is 23.7 Å². The van der Waals surface area contributed by atoms with Crippen LogP contribution in [-0.4, -0.2) is 9.97 Å². The number of nitrogens with zero attached hydrogens (tertiary/aromatic N) is 2. The maximum atomic E-state index is 12.7. The largest absolute Gasteiger partial charge is 0.234 e. The van der Waals surface area contributed by atoms with Crippen LogP contribution in [0, 0.1) is 5.95 Å². The van der Waals surface area contributed by atoms with Gasteiger partial charge in [-0.1, -0.05) is 23.7 Å². The zero-order chi connectivity index (χ0) is 12.1. The van der Waals surface area contributed by atoms with Gasteiger partial charge in [-0.15, -0.1) is 11.3 Å². The Kier molecular flexibility index (Phi) is 4.01. The highest BCUT2D eigenvalue weighted by atomic mass is 35.5. The fourth-order valence-electron chi connectivity index (χ4n) is 1.18. The predicted octanol–water partition coefficient (Wildman–Crippen LogP) is 4.12. The van der Waals surface area contributed by atoms with Gasteiger partial charge in [0.1, 0.15) is 5.15 Å². The Bertz CT molecular complexity index is 553. The van der Waals surface area contributed by atoms with Gasteiger partial charge in [0.15, 0.2) is 0 Å². The van der Waals surface area contributed by atoms with E-state index in [1.807, 2.05) is 12.1 Å². The van der Waals surface area contributed by atoms with Crippen LogP contribution in [0.4, 0.5) is 4.39 Å². The first-order valence-corrected chi connectivity index (χ1v) is 6.07. The fraction of sp³-hybridized carbons (Fsp3) is 0. The van der Waals surface area contributed by atoms with Gasteiger partial charge >= 0.3 is 0 Å². The van der Waals surface area contributed by atoms with Crippen molar-refractivity contribution in [1.29, 1.82) is 0 Å². The van der Waals surface area contributed by atoms with Crippen LogP contribution in [0.25, 0.3) is 10.4 Å². The summed E-state index contributed by atoms with van der Waals surface area (Å²) in [6.45, 7) is 0. The molecule has 0 saturated carbocycles. The Labute approximate surface area is 107 Å². The average molecular weight is 267 g/mol. The van der Waals surface area contributed by atoms with E-state index in [1.165, 1.54) is 23.6 Å². The third-order valence-electron chi connectivity index (χ3n) is 1.96. The van der Waals surface area contributed by atoms with Crippen LogP contribution in [0.5, 0.6) is 0 Å². The molecule has 5 heteroatoms. The Hall–Kier alpha value is -1.52. The Morgan fingerprint density at radius 2 is 1.88 bits per heavy atom. The van der Waals surface area contributed by atoms with Crippen molar-refractivity contribution in [2.24, 2.45) is 0 Å². The van der Waals surface area contributed by atoms with Gasteiger partial charge in [-0.05, 0) is 24.3 Å². The Morgan fingerprint density at radius 1 is 1.06 bits per heavy atom. The normalized spacial score (nSPS) is 9.76. The molecule has 0 unspecified atom stereocenters. The molecule has 0 atom stereocenters. The quantitative estimate of drug-likeness (QED) is 0.726. The summed E-state index contributed by atoms with van der Waals surface area (Å²) in [4.78, 5) is 8.56. The smallest absolute Gasteiger partial charge is 0.212 e. The zero-order valence-corrected chi connectivity index (χ0v) is 10.2. The molecular formula is C12H8ClFN2S. The Morgan fingerprint density at radius 3 is 2.65 bits per heavy atom. The molecule has 0 aromatic carbocycles. The van der Waals surface area contributed by atoms with Crippen molar-refractivity contribution in [1.82, 2.24) is 9.97 Å². The molecule has 0 spiro atoms. The van der Waals surface area contributed by atoms with Crippen LogP contribution < -0.4 is 0 Å². The van der Waals surface area contributed by atoms with Crippen LogP contribution in [0.15, 0.2) is 48.1 Å². The molecule has 0 N–H and O–H groups in total. The molecule has 0 aliphatic rings. The second-order valence-electron chi connectivity index (χ2n) is 3.13. The highest BCUT2D eigenvalue weighted by Gasteiger charge is 1.97.